The second-order valence-corrected chi connectivity index (χ2v) is 4.55. The van der Waals surface area contributed by atoms with Crippen molar-refractivity contribution in [2.24, 2.45) is 0 Å². The van der Waals surface area contributed by atoms with Gasteiger partial charge in [-0.3, -0.25) is 0 Å². The molecular weight excluding hydrogens is 168 g/mol. The van der Waals surface area contributed by atoms with Crippen molar-refractivity contribution < 1.29 is 4.79 Å². The fraction of sp³-hybridized carbons (Fsp3) is 0.800. The molecule has 3 atom stereocenters. The number of hydrogen-bond acceptors (Lipinski definition) is 3. The molecule has 5 heteroatoms. The molecule has 3 nitrogen and oxygen atoms in total. The zero-order valence-corrected chi connectivity index (χ0v) is 6.91. The number of carbonyl (C=O) groups is 1. The average molecular weight is 176 g/mol. The predicted octanol–water partition coefficient (Wildman–Crippen LogP) is 0.0391. The Balaban J connectivity index is 2.12. The van der Waals surface area contributed by atoms with Gasteiger partial charge in [-0.2, -0.15) is 12.6 Å². The van der Waals surface area contributed by atoms with Crippen LogP contribution in [-0.4, -0.2) is 28.4 Å². The van der Waals surface area contributed by atoms with Gasteiger partial charge >= 0.3 is 6.03 Å². The molecule has 10 heavy (non-hydrogen) atoms. The average Bonchev–Trinajstić information content (AvgIpc) is 2.35. The molecule has 0 aromatic heterocycles. The molecule has 2 amide bonds. The number of hydrogen-bond donors (Lipinski definition) is 3. The van der Waals surface area contributed by atoms with Crippen molar-refractivity contribution in [3.63, 3.8) is 0 Å². The van der Waals surface area contributed by atoms with Crippen molar-refractivity contribution in [3.05, 3.63) is 0 Å². The van der Waals surface area contributed by atoms with E-state index in [1.54, 1.807) is 11.8 Å². The van der Waals surface area contributed by atoms with Gasteiger partial charge in [0.15, 0.2) is 0 Å². The van der Waals surface area contributed by atoms with E-state index in [1.807, 2.05) is 0 Å². The van der Waals surface area contributed by atoms with Crippen molar-refractivity contribution in [1.29, 1.82) is 0 Å². The monoisotopic (exact) mass is 176 g/mol. The van der Waals surface area contributed by atoms with Crippen LogP contribution in [0.25, 0.3) is 0 Å². The van der Waals surface area contributed by atoms with Gasteiger partial charge < -0.3 is 10.6 Å². The number of carbonyl (C=O) groups excluding carboxylic acids is 1. The van der Waals surface area contributed by atoms with Crippen molar-refractivity contribution >= 4 is 30.4 Å². The van der Waals surface area contributed by atoms with Crippen LogP contribution >= 0.6 is 24.4 Å². The van der Waals surface area contributed by atoms with Gasteiger partial charge in [-0.1, -0.05) is 0 Å². The maximum absolute atomic E-state index is 10.7. The third-order valence-corrected chi connectivity index (χ3v) is 3.76. The van der Waals surface area contributed by atoms with Crippen LogP contribution in [0.2, 0.25) is 0 Å². The molecule has 2 heterocycles. The van der Waals surface area contributed by atoms with Crippen LogP contribution in [0.5, 0.6) is 0 Å². The van der Waals surface area contributed by atoms with Crippen LogP contribution in [0.1, 0.15) is 0 Å². The lowest BCUT2D eigenvalue weighted by Crippen LogP contribution is -2.34. The summed E-state index contributed by atoms with van der Waals surface area (Å²) in [5, 5.41) is 5.64. The highest BCUT2D eigenvalue weighted by Gasteiger charge is 2.41. The summed E-state index contributed by atoms with van der Waals surface area (Å²) in [6.45, 7) is 0. The number of nitrogens with one attached hydrogen (secondary N) is 2. The van der Waals surface area contributed by atoms with E-state index >= 15 is 0 Å². The van der Waals surface area contributed by atoms with E-state index in [2.05, 4.69) is 23.3 Å². The Hall–Kier alpha value is -0.0300. The van der Waals surface area contributed by atoms with Gasteiger partial charge in [0.1, 0.15) is 0 Å². The first-order valence-corrected chi connectivity index (χ1v) is 4.70. The van der Waals surface area contributed by atoms with Crippen LogP contribution in [0.15, 0.2) is 0 Å². The van der Waals surface area contributed by atoms with E-state index in [0.717, 1.165) is 5.75 Å². The summed E-state index contributed by atoms with van der Waals surface area (Å²) in [7, 11) is 0. The third kappa shape index (κ3) is 0.880. The Morgan fingerprint density at radius 3 is 3.10 bits per heavy atom. The van der Waals surface area contributed by atoms with Gasteiger partial charge in [-0.05, 0) is 0 Å². The first-order valence-electron chi connectivity index (χ1n) is 3.14. The summed E-state index contributed by atoms with van der Waals surface area (Å²) in [4.78, 5) is 10.7. The standard InChI is InChI=1S/C5H8N2OS2/c8-5-6-2-1-10-4(9)3(2)7-5/h2-4,9H,1H2,(H2,6,7,8). The Kier molecular flexibility index (Phi) is 1.49. The molecule has 0 saturated carbocycles. The topological polar surface area (TPSA) is 41.1 Å². The molecule has 0 aromatic rings. The van der Waals surface area contributed by atoms with E-state index in [4.69, 9.17) is 0 Å². The largest absolute Gasteiger partial charge is 0.332 e. The van der Waals surface area contributed by atoms with Gasteiger partial charge in [0, 0.05) is 5.75 Å². The maximum atomic E-state index is 10.7. The molecule has 0 radical (unpaired) electrons. The van der Waals surface area contributed by atoms with Gasteiger partial charge in [-0.25, -0.2) is 4.79 Å². The smallest absolute Gasteiger partial charge is 0.315 e. The number of urea groups is 1. The normalized spacial score (nSPS) is 44.5. The number of amides is 2. The quantitative estimate of drug-likeness (QED) is 0.360. The first kappa shape index (κ1) is 6.67. The van der Waals surface area contributed by atoms with Gasteiger partial charge in [-0.15, -0.1) is 11.8 Å². The van der Waals surface area contributed by atoms with Crippen LogP contribution in [0, 0.1) is 0 Å². The van der Waals surface area contributed by atoms with Crippen molar-refractivity contribution in [2.45, 2.75) is 16.7 Å². The summed E-state index contributed by atoms with van der Waals surface area (Å²) in [5.74, 6) is 0.984. The van der Waals surface area contributed by atoms with Gasteiger partial charge in [0.05, 0.1) is 16.7 Å². The van der Waals surface area contributed by atoms with Crippen molar-refractivity contribution in [2.75, 3.05) is 5.75 Å². The molecule has 2 fully saturated rings. The molecule has 0 bridgehead atoms. The minimum Gasteiger partial charge on any atom is -0.332 e. The van der Waals surface area contributed by atoms with Gasteiger partial charge in [0.2, 0.25) is 0 Å². The number of thiol groups is 1. The third-order valence-electron chi connectivity index (χ3n) is 1.80. The zero-order chi connectivity index (χ0) is 7.14. The molecule has 3 unspecified atom stereocenters. The number of thioether (sulfide) groups is 1. The molecule has 0 spiro atoms. The number of rotatable bonds is 0. The van der Waals surface area contributed by atoms with Crippen LogP contribution in [-0.2, 0) is 0 Å². The van der Waals surface area contributed by atoms with Crippen molar-refractivity contribution in [1.82, 2.24) is 10.6 Å². The van der Waals surface area contributed by atoms with E-state index in [0.29, 0.717) is 6.04 Å². The summed E-state index contributed by atoms with van der Waals surface area (Å²) < 4.78 is 0.268. The molecule has 56 valence electrons. The highest BCUT2D eigenvalue weighted by molar-refractivity contribution is 8.10. The molecule has 0 aliphatic carbocycles. The van der Waals surface area contributed by atoms with E-state index in [-0.39, 0.29) is 16.7 Å². The van der Waals surface area contributed by atoms with E-state index in [9.17, 15) is 4.79 Å². The Bertz CT molecular complexity index is 175. The van der Waals surface area contributed by atoms with E-state index in [1.165, 1.54) is 0 Å². The minimum absolute atomic E-state index is 0.0469. The SMILES string of the molecule is O=C1NC2CSC(S)C2N1. The predicted molar refractivity (Wildman–Crippen MR) is 44.5 cm³/mol. The molecule has 2 N–H and O–H groups in total. The minimum atomic E-state index is -0.0469. The molecule has 2 aliphatic rings. The fourth-order valence-electron chi connectivity index (χ4n) is 1.27. The lowest BCUT2D eigenvalue weighted by molar-refractivity contribution is 0.247. The van der Waals surface area contributed by atoms with Crippen molar-refractivity contribution in [3.8, 4) is 0 Å². The molecule has 2 rings (SSSR count). The zero-order valence-electron chi connectivity index (χ0n) is 5.20. The Morgan fingerprint density at radius 2 is 2.40 bits per heavy atom. The second kappa shape index (κ2) is 2.23. The Morgan fingerprint density at radius 1 is 1.60 bits per heavy atom. The summed E-state index contributed by atoms with van der Waals surface area (Å²) in [5.41, 5.74) is 0. The Labute approximate surface area is 68.7 Å². The molecule has 0 aromatic carbocycles. The number of fused-ring (bicyclic) bond motifs is 1. The van der Waals surface area contributed by atoms with Crippen LogP contribution in [0.4, 0.5) is 4.79 Å². The van der Waals surface area contributed by atoms with Crippen LogP contribution < -0.4 is 10.6 Å². The van der Waals surface area contributed by atoms with Gasteiger partial charge in [0.25, 0.3) is 0 Å². The molecular formula is C5H8N2OS2. The fourth-order valence-corrected chi connectivity index (χ4v) is 2.97. The van der Waals surface area contributed by atoms with E-state index < -0.39 is 0 Å². The summed E-state index contributed by atoms with van der Waals surface area (Å²) >= 11 is 6.09. The van der Waals surface area contributed by atoms with Crippen LogP contribution in [0.3, 0.4) is 0 Å². The maximum Gasteiger partial charge on any atom is 0.315 e. The lowest BCUT2D eigenvalue weighted by Gasteiger charge is -2.09. The lowest BCUT2D eigenvalue weighted by atomic mass is 10.2. The molecule has 2 saturated heterocycles. The second-order valence-electron chi connectivity index (χ2n) is 2.47. The molecule has 2 aliphatic heterocycles. The summed E-state index contributed by atoms with van der Waals surface area (Å²) in [6.07, 6.45) is 0. The first-order chi connectivity index (χ1) is 4.77. The highest BCUT2D eigenvalue weighted by atomic mass is 32.2. The summed E-state index contributed by atoms with van der Waals surface area (Å²) in [6, 6.07) is 0.496. The highest BCUT2D eigenvalue weighted by Crippen LogP contribution is 2.31.